The van der Waals surface area contributed by atoms with Crippen LogP contribution in [0.2, 0.25) is 0 Å². The zero-order valence-electron chi connectivity index (χ0n) is 11.1. The van der Waals surface area contributed by atoms with Crippen LogP contribution in [0.5, 0.6) is 0 Å². The molecule has 0 saturated carbocycles. The molecule has 1 heterocycles. The van der Waals surface area contributed by atoms with Crippen LogP contribution in [0.3, 0.4) is 0 Å². The molecule has 0 aliphatic carbocycles. The van der Waals surface area contributed by atoms with Crippen molar-refractivity contribution in [3.05, 3.63) is 17.5 Å². The number of aromatic nitrogens is 2. The maximum Gasteiger partial charge on any atom is 0.305 e. The number of aliphatic carboxylic acids is 1. The summed E-state index contributed by atoms with van der Waals surface area (Å²) in [6.45, 7) is 5.58. The Kier molecular flexibility index (Phi) is 4.47. The normalized spacial score (nSPS) is 12.5. The quantitative estimate of drug-likeness (QED) is 0.824. The highest BCUT2D eigenvalue weighted by Gasteiger charge is 2.20. The number of carbonyl (C=O) groups excluding carboxylic acids is 1. The number of amides is 1. The van der Waals surface area contributed by atoms with Crippen LogP contribution in [0.1, 0.15) is 49.2 Å². The first-order valence-electron chi connectivity index (χ1n) is 5.87. The Labute approximate surface area is 106 Å². The maximum absolute atomic E-state index is 12.0. The summed E-state index contributed by atoms with van der Waals surface area (Å²) in [6.07, 6.45) is 1.56. The van der Waals surface area contributed by atoms with Gasteiger partial charge in [0.05, 0.1) is 17.7 Å². The predicted octanol–water partition coefficient (Wildman–Crippen LogP) is 1.14. The van der Waals surface area contributed by atoms with Gasteiger partial charge in [-0.15, -0.1) is 0 Å². The minimum absolute atomic E-state index is 0.0942. The molecule has 1 atom stereocenters. The van der Waals surface area contributed by atoms with Crippen molar-refractivity contribution in [2.75, 3.05) is 0 Å². The van der Waals surface area contributed by atoms with E-state index in [4.69, 9.17) is 5.11 Å². The summed E-state index contributed by atoms with van der Waals surface area (Å²) in [5, 5.41) is 15.5. The molecule has 0 aliphatic rings. The van der Waals surface area contributed by atoms with Gasteiger partial charge in [0.25, 0.3) is 5.91 Å². The van der Waals surface area contributed by atoms with Gasteiger partial charge in [-0.1, -0.05) is 13.8 Å². The van der Waals surface area contributed by atoms with E-state index < -0.39 is 12.0 Å². The zero-order chi connectivity index (χ0) is 13.9. The third-order valence-corrected chi connectivity index (χ3v) is 2.51. The summed E-state index contributed by atoms with van der Waals surface area (Å²) in [5.41, 5.74) is 1.22. The molecular formula is C12H19N3O3. The van der Waals surface area contributed by atoms with Gasteiger partial charge in [-0.3, -0.25) is 14.3 Å². The van der Waals surface area contributed by atoms with E-state index in [0.717, 1.165) is 5.69 Å². The number of hydrogen-bond donors (Lipinski definition) is 2. The molecule has 1 unspecified atom stereocenters. The number of carbonyl (C=O) groups is 2. The van der Waals surface area contributed by atoms with Crippen molar-refractivity contribution in [3.63, 3.8) is 0 Å². The average Bonchev–Trinajstić information content (AvgIpc) is 2.58. The fraction of sp³-hybridized carbons (Fsp3) is 0.583. The molecule has 0 saturated heterocycles. The molecule has 100 valence electrons. The molecule has 0 aromatic carbocycles. The van der Waals surface area contributed by atoms with Crippen molar-refractivity contribution >= 4 is 11.9 Å². The Bertz CT molecular complexity index is 451. The van der Waals surface area contributed by atoms with Gasteiger partial charge in [0.2, 0.25) is 0 Å². The molecule has 0 radical (unpaired) electrons. The molecule has 18 heavy (non-hydrogen) atoms. The second-order valence-electron chi connectivity index (χ2n) is 4.73. The van der Waals surface area contributed by atoms with Gasteiger partial charge in [0, 0.05) is 19.3 Å². The lowest BCUT2D eigenvalue weighted by atomic mass is 10.1. The number of aryl methyl sites for hydroxylation is 1. The Balaban J connectivity index is 2.81. The Hall–Kier alpha value is -1.85. The smallest absolute Gasteiger partial charge is 0.305 e. The number of nitrogens with one attached hydrogen (secondary N) is 1. The molecule has 1 aromatic heterocycles. The van der Waals surface area contributed by atoms with Crippen LogP contribution in [0.25, 0.3) is 0 Å². The van der Waals surface area contributed by atoms with Crippen LogP contribution >= 0.6 is 0 Å². The first kappa shape index (κ1) is 14.2. The van der Waals surface area contributed by atoms with E-state index in [1.54, 1.807) is 24.9 Å². The van der Waals surface area contributed by atoms with Crippen molar-refractivity contribution in [1.82, 2.24) is 15.1 Å². The standard InChI is InChI=1S/C12H19N3O3/c1-7(2)11-9(6-15(4)14-11)12(18)13-8(3)5-10(16)17/h6-8H,5H2,1-4H3,(H,13,18)(H,16,17). The Morgan fingerprint density at radius 1 is 1.44 bits per heavy atom. The number of hydrogen-bond acceptors (Lipinski definition) is 3. The number of carboxylic acid groups (broad SMARTS) is 1. The minimum atomic E-state index is -0.932. The molecule has 1 aromatic rings. The van der Waals surface area contributed by atoms with Gasteiger partial charge in [-0.05, 0) is 12.8 Å². The van der Waals surface area contributed by atoms with Crippen LogP contribution in [0.15, 0.2) is 6.20 Å². The molecule has 6 heteroatoms. The first-order chi connectivity index (χ1) is 8.31. The zero-order valence-corrected chi connectivity index (χ0v) is 11.1. The van der Waals surface area contributed by atoms with Crippen molar-refractivity contribution in [1.29, 1.82) is 0 Å². The third kappa shape index (κ3) is 3.58. The largest absolute Gasteiger partial charge is 0.481 e. The van der Waals surface area contributed by atoms with E-state index in [1.807, 2.05) is 13.8 Å². The monoisotopic (exact) mass is 253 g/mol. The van der Waals surface area contributed by atoms with Crippen LogP contribution in [-0.2, 0) is 11.8 Å². The van der Waals surface area contributed by atoms with E-state index in [-0.39, 0.29) is 18.2 Å². The van der Waals surface area contributed by atoms with Crippen molar-refractivity contribution in [3.8, 4) is 0 Å². The van der Waals surface area contributed by atoms with Crippen LogP contribution < -0.4 is 5.32 Å². The summed E-state index contributed by atoms with van der Waals surface area (Å²) in [4.78, 5) is 22.6. The van der Waals surface area contributed by atoms with Gasteiger partial charge in [-0.2, -0.15) is 5.10 Å². The van der Waals surface area contributed by atoms with Crippen LogP contribution in [0.4, 0.5) is 0 Å². The van der Waals surface area contributed by atoms with Gasteiger partial charge >= 0.3 is 5.97 Å². The minimum Gasteiger partial charge on any atom is -0.481 e. The molecule has 0 spiro atoms. The van der Waals surface area contributed by atoms with E-state index in [9.17, 15) is 9.59 Å². The highest BCUT2D eigenvalue weighted by molar-refractivity contribution is 5.95. The second-order valence-corrected chi connectivity index (χ2v) is 4.73. The predicted molar refractivity (Wildman–Crippen MR) is 66.5 cm³/mol. The fourth-order valence-electron chi connectivity index (χ4n) is 1.72. The van der Waals surface area contributed by atoms with E-state index in [1.165, 1.54) is 0 Å². The lowest BCUT2D eigenvalue weighted by Gasteiger charge is -2.12. The van der Waals surface area contributed by atoms with Crippen molar-refractivity contribution in [2.24, 2.45) is 7.05 Å². The van der Waals surface area contributed by atoms with E-state index in [2.05, 4.69) is 10.4 Å². The first-order valence-corrected chi connectivity index (χ1v) is 5.87. The maximum atomic E-state index is 12.0. The van der Waals surface area contributed by atoms with E-state index in [0.29, 0.717) is 5.56 Å². The Morgan fingerprint density at radius 3 is 2.56 bits per heavy atom. The van der Waals surface area contributed by atoms with Gasteiger partial charge < -0.3 is 10.4 Å². The van der Waals surface area contributed by atoms with Crippen LogP contribution in [0, 0.1) is 0 Å². The molecular weight excluding hydrogens is 234 g/mol. The summed E-state index contributed by atoms with van der Waals surface area (Å²) < 4.78 is 1.59. The summed E-state index contributed by atoms with van der Waals surface area (Å²) in [7, 11) is 1.75. The van der Waals surface area contributed by atoms with Crippen molar-refractivity contribution in [2.45, 2.75) is 39.2 Å². The fourth-order valence-corrected chi connectivity index (χ4v) is 1.72. The Morgan fingerprint density at radius 2 is 2.06 bits per heavy atom. The second kappa shape index (κ2) is 5.66. The van der Waals surface area contributed by atoms with E-state index >= 15 is 0 Å². The lowest BCUT2D eigenvalue weighted by molar-refractivity contribution is -0.137. The highest BCUT2D eigenvalue weighted by Crippen LogP contribution is 2.17. The third-order valence-electron chi connectivity index (χ3n) is 2.51. The highest BCUT2D eigenvalue weighted by atomic mass is 16.4. The molecule has 0 aliphatic heterocycles. The number of nitrogens with zero attached hydrogens (tertiary/aromatic N) is 2. The molecule has 2 N–H and O–H groups in total. The number of carboxylic acids is 1. The topological polar surface area (TPSA) is 84.2 Å². The van der Waals surface area contributed by atoms with Crippen LogP contribution in [-0.4, -0.2) is 32.8 Å². The number of rotatable bonds is 5. The van der Waals surface area contributed by atoms with Gasteiger partial charge in [0.15, 0.2) is 0 Å². The molecule has 6 nitrogen and oxygen atoms in total. The van der Waals surface area contributed by atoms with Crippen molar-refractivity contribution < 1.29 is 14.7 Å². The average molecular weight is 253 g/mol. The summed E-state index contributed by atoms with van der Waals surface area (Å²) >= 11 is 0. The molecule has 1 amide bonds. The lowest BCUT2D eigenvalue weighted by Crippen LogP contribution is -2.34. The molecule has 1 rings (SSSR count). The summed E-state index contributed by atoms with van der Waals surface area (Å²) in [5.74, 6) is -1.07. The van der Waals surface area contributed by atoms with Gasteiger partial charge in [0.1, 0.15) is 0 Å². The molecule has 0 fully saturated rings. The summed E-state index contributed by atoms with van der Waals surface area (Å²) in [6, 6.07) is -0.407. The SMILES string of the molecule is CC(CC(=O)O)NC(=O)c1cn(C)nc1C(C)C. The van der Waals surface area contributed by atoms with Gasteiger partial charge in [-0.25, -0.2) is 0 Å². The molecule has 0 bridgehead atoms.